The molecule has 0 fully saturated rings. The van der Waals surface area contributed by atoms with Gasteiger partial charge in [0.2, 0.25) is 0 Å². The normalized spacial score (nSPS) is 14.8. The lowest BCUT2D eigenvalue weighted by atomic mass is 9.99. The maximum atomic E-state index is 2.47. The molecule has 0 aromatic carbocycles. The van der Waals surface area contributed by atoms with Crippen molar-refractivity contribution in [3.63, 3.8) is 0 Å². The van der Waals surface area contributed by atoms with E-state index in [-0.39, 0.29) is 9.52 Å². The molecule has 0 aromatic heterocycles. The Labute approximate surface area is 87.3 Å². The Morgan fingerprint density at radius 2 is 1.54 bits per heavy atom. The van der Waals surface area contributed by atoms with Gasteiger partial charge in [0.05, 0.1) is 0 Å². The lowest BCUT2D eigenvalue weighted by Gasteiger charge is -2.37. The fourth-order valence-corrected chi connectivity index (χ4v) is 5.61. The van der Waals surface area contributed by atoms with Gasteiger partial charge in [0.1, 0.15) is 0 Å². The summed E-state index contributed by atoms with van der Waals surface area (Å²) in [5, 5.41) is 1.28. The van der Waals surface area contributed by atoms with Crippen LogP contribution in [0.4, 0.5) is 0 Å². The van der Waals surface area contributed by atoms with Gasteiger partial charge in [0.15, 0.2) is 0 Å². The molecule has 0 saturated heterocycles. The van der Waals surface area contributed by atoms with Gasteiger partial charge in [0, 0.05) is 9.52 Å². The molecule has 0 bridgehead atoms. The smallest absolute Gasteiger partial charge is 0.0330 e. The van der Waals surface area contributed by atoms with Crippen molar-refractivity contribution < 1.29 is 0 Å². The molecule has 80 valence electrons. The second-order valence-electron chi connectivity index (χ2n) is 6.23. The van der Waals surface area contributed by atoms with Gasteiger partial charge in [-0.3, -0.25) is 0 Å². The molecule has 0 radical (unpaired) electrons. The zero-order valence-electron chi connectivity index (χ0n) is 10.7. The molecule has 0 atom stereocenters. The minimum Gasteiger partial charge on any atom is -0.0654 e. The molecule has 0 rings (SSSR count). The number of hydrogen-bond donors (Lipinski definition) is 0. The van der Waals surface area contributed by atoms with E-state index in [9.17, 15) is 0 Å². The molecule has 0 aromatic rings. The van der Waals surface area contributed by atoms with Crippen LogP contribution in [0.1, 0.15) is 61.3 Å². The molecule has 0 saturated carbocycles. The summed E-state index contributed by atoms with van der Waals surface area (Å²) in [5.41, 5.74) is 0. The second kappa shape index (κ2) is 4.63. The first-order valence-electron chi connectivity index (χ1n) is 5.71. The molecule has 0 aliphatic carbocycles. The summed E-state index contributed by atoms with van der Waals surface area (Å²) in [5.74, 6) is 0.843. The third-order valence-electron chi connectivity index (χ3n) is 3.42. The molecule has 0 heterocycles. The largest absolute Gasteiger partial charge is 0.0654 e. The van der Waals surface area contributed by atoms with Crippen molar-refractivity contribution in [1.29, 1.82) is 0 Å². The topological polar surface area (TPSA) is 0 Å². The van der Waals surface area contributed by atoms with Crippen LogP contribution < -0.4 is 0 Å². The van der Waals surface area contributed by atoms with Crippen LogP contribution in [-0.2, 0) is 0 Å². The standard InChI is InChI=1S/C12H28Si/c1-8-9-11(4,5)13-12(6,7)10(2)3/h10H,8-9,13H2,1-7H3. The van der Waals surface area contributed by atoms with Crippen LogP contribution in [0.3, 0.4) is 0 Å². The highest BCUT2D eigenvalue weighted by atomic mass is 28.2. The predicted octanol–water partition coefficient (Wildman–Crippen LogP) is 4.01. The van der Waals surface area contributed by atoms with Gasteiger partial charge in [0.25, 0.3) is 0 Å². The van der Waals surface area contributed by atoms with Crippen LogP contribution in [0.5, 0.6) is 0 Å². The highest BCUT2D eigenvalue weighted by molar-refractivity contribution is 6.43. The fourth-order valence-electron chi connectivity index (χ4n) is 2.20. The molecule has 0 N–H and O–H groups in total. The molecule has 0 nitrogen and oxygen atoms in total. The molecule has 0 aliphatic rings. The Balaban J connectivity index is 4.24. The monoisotopic (exact) mass is 200 g/mol. The van der Waals surface area contributed by atoms with Crippen LogP contribution >= 0.6 is 0 Å². The lowest BCUT2D eigenvalue weighted by Crippen LogP contribution is -2.28. The molecule has 13 heavy (non-hydrogen) atoms. The highest BCUT2D eigenvalue weighted by Gasteiger charge is 2.30. The fraction of sp³-hybridized carbons (Fsp3) is 1.00. The van der Waals surface area contributed by atoms with E-state index < -0.39 is 0 Å². The van der Waals surface area contributed by atoms with Gasteiger partial charge in [-0.25, -0.2) is 0 Å². The van der Waals surface area contributed by atoms with Crippen molar-refractivity contribution in [2.45, 2.75) is 71.4 Å². The first-order chi connectivity index (χ1) is 5.71. The maximum Gasteiger partial charge on any atom is 0.0330 e. The van der Waals surface area contributed by atoms with Crippen LogP contribution in [0.15, 0.2) is 0 Å². The molecule has 1 heteroatoms. The summed E-state index contributed by atoms with van der Waals surface area (Å²) in [4.78, 5) is 0. The van der Waals surface area contributed by atoms with E-state index >= 15 is 0 Å². The number of hydrogen-bond acceptors (Lipinski definition) is 0. The second-order valence-corrected chi connectivity index (χ2v) is 10.3. The minimum absolute atomic E-state index is 0.00870. The average Bonchev–Trinajstić information content (AvgIpc) is 1.83. The third kappa shape index (κ3) is 4.85. The Morgan fingerprint density at radius 1 is 1.08 bits per heavy atom. The van der Waals surface area contributed by atoms with Crippen molar-refractivity contribution in [2.24, 2.45) is 5.92 Å². The molecule has 0 unspecified atom stereocenters. The van der Waals surface area contributed by atoms with Gasteiger partial charge in [-0.15, -0.1) is 0 Å². The van der Waals surface area contributed by atoms with Gasteiger partial charge in [-0.2, -0.15) is 0 Å². The van der Waals surface area contributed by atoms with E-state index in [1.165, 1.54) is 12.8 Å². The van der Waals surface area contributed by atoms with Crippen molar-refractivity contribution in [2.75, 3.05) is 0 Å². The minimum atomic E-state index is 0.00870. The lowest BCUT2D eigenvalue weighted by molar-refractivity contribution is 0.450. The van der Waals surface area contributed by atoms with E-state index in [4.69, 9.17) is 0 Å². The maximum absolute atomic E-state index is 2.47. The summed E-state index contributed by atoms with van der Waals surface area (Å²) in [6, 6.07) is 0. The Kier molecular flexibility index (Phi) is 4.71. The zero-order chi connectivity index (χ0) is 10.7. The zero-order valence-corrected chi connectivity index (χ0v) is 12.1. The first-order valence-corrected chi connectivity index (χ1v) is 7.13. The van der Waals surface area contributed by atoms with Crippen molar-refractivity contribution >= 4 is 9.52 Å². The molecular weight excluding hydrogens is 172 g/mol. The molecule has 0 aliphatic heterocycles. The summed E-state index contributed by atoms with van der Waals surface area (Å²) in [7, 11) is 0.00870. The summed E-state index contributed by atoms with van der Waals surface area (Å²) >= 11 is 0. The molecular formula is C12H28Si. The predicted molar refractivity (Wildman–Crippen MR) is 66.4 cm³/mol. The van der Waals surface area contributed by atoms with Gasteiger partial charge in [-0.05, 0) is 16.0 Å². The van der Waals surface area contributed by atoms with E-state index in [2.05, 4.69) is 48.5 Å². The number of rotatable bonds is 5. The molecule has 0 spiro atoms. The quantitative estimate of drug-likeness (QED) is 0.588. The van der Waals surface area contributed by atoms with E-state index in [1.807, 2.05) is 0 Å². The van der Waals surface area contributed by atoms with Gasteiger partial charge < -0.3 is 0 Å². The van der Waals surface area contributed by atoms with E-state index in [0.29, 0.717) is 10.1 Å². The van der Waals surface area contributed by atoms with Crippen molar-refractivity contribution in [1.82, 2.24) is 0 Å². The van der Waals surface area contributed by atoms with Crippen LogP contribution in [0.25, 0.3) is 0 Å². The first kappa shape index (κ1) is 13.2. The average molecular weight is 200 g/mol. The van der Waals surface area contributed by atoms with Crippen molar-refractivity contribution in [3.05, 3.63) is 0 Å². The van der Waals surface area contributed by atoms with E-state index in [1.54, 1.807) is 0 Å². The molecule has 0 amide bonds. The van der Waals surface area contributed by atoms with Crippen LogP contribution in [0.2, 0.25) is 10.1 Å². The highest BCUT2D eigenvalue weighted by Crippen LogP contribution is 2.43. The van der Waals surface area contributed by atoms with Crippen LogP contribution in [-0.4, -0.2) is 9.52 Å². The summed E-state index contributed by atoms with van der Waals surface area (Å²) < 4.78 is 0. The Bertz CT molecular complexity index is 145. The van der Waals surface area contributed by atoms with Gasteiger partial charge >= 0.3 is 0 Å². The SMILES string of the molecule is CCCC(C)(C)[SiH2]C(C)(C)C(C)C. The third-order valence-corrected chi connectivity index (χ3v) is 6.46. The Hall–Kier alpha value is 0.217. The van der Waals surface area contributed by atoms with E-state index in [0.717, 1.165) is 5.92 Å². The summed E-state index contributed by atoms with van der Waals surface area (Å²) in [6.45, 7) is 16.9. The van der Waals surface area contributed by atoms with Crippen LogP contribution in [0, 0.1) is 5.92 Å². The van der Waals surface area contributed by atoms with Crippen molar-refractivity contribution in [3.8, 4) is 0 Å². The van der Waals surface area contributed by atoms with Gasteiger partial charge in [-0.1, -0.05) is 61.3 Å². The summed E-state index contributed by atoms with van der Waals surface area (Å²) in [6.07, 6.45) is 2.75. The Morgan fingerprint density at radius 3 is 1.85 bits per heavy atom.